The van der Waals surface area contributed by atoms with Gasteiger partial charge in [0.05, 0.1) is 23.8 Å². The summed E-state index contributed by atoms with van der Waals surface area (Å²) in [5, 5.41) is 24.3. The number of alkyl carbamates (subject to hydrolysis) is 1. The lowest BCUT2D eigenvalue weighted by molar-refractivity contribution is -0.138. The number of hydrogen-bond acceptors (Lipinski definition) is 9. The number of aliphatic hydroxyl groups is 1. The number of rotatable bonds is 10. The van der Waals surface area contributed by atoms with Crippen molar-refractivity contribution in [2.75, 3.05) is 19.8 Å². The van der Waals surface area contributed by atoms with E-state index >= 15 is 0 Å². The molecule has 9 nitrogen and oxygen atoms in total. The monoisotopic (exact) mass is 554 g/mol. The number of para-hydroxylation sites is 1. The summed E-state index contributed by atoms with van der Waals surface area (Å²) in [6.07, 6.45) is 2.54. The normalized spacial score (nSPS) is 15.5. The maximum Gasteiger partial charge on any atom is 0.407 e. The lowest BCUT2D eigenvalue weighted by Gasteiger charge is -2.19. The van der Waals surface area contributed by atoms with Gasteiger partial charge in [-0.2, -0.15) is 0 Å². The molecule has 3 N–H and O–H groups in total. The van der Waals surface area contributed by atoms with Gasteiger partial charge in [0, 0.05) is 6.54 Å². The Kier molecular flexibility index (Phi) is 10.4. The highest BCUT2D eigenvalue weighted by molar-refractivity contribution is 8.18. The third-order valence-corrected chi connectivity index (χ3v) is 6.15. The van der Waals surface area contributed by atoms with E-state index in [1.54, 1.807) is 58.0 Å². The van der Waals surface area contributed by atoms with E-state index in [9.17, 15) is 19.8 Å². The molecular formula is C29H34N2O7S. The van der Waals surface area contributed by atoms with Crippen molar-refractivity contribution >= 4 is 40.6 Å². The van der Waals surface area contributed by atoms with Crippen LogP contribution >= 0.6 is 11.8 Å². The number of phenolic OH excluding ortho intramolecular Hbond substituents is 1. The molecule has 0 radical (unpaired) electrons. The van der Waals surface area contributed by atoms with Crippen LogP contribution in [0, 0.1) is 0 Å². The van der Waals surface area contributed by atoms with E-state index in [4.69, 9.17) is 14.2 Å². The lowest BCUT2D eigenvalue weighted by atomic mass is 10.1. The molecule has 3 rings (SSSR count). The van der Waals surface area contributed by atoms with E-state index in [0.29, 0.717) is 52.9 Å². The van der Waals surface area contributed by atoms with Gasteiger partial charge in [-0.3, -0.25) is 0 Å². The molecular weight excluding hydrogens is 520 g/mol. The third kappa shape index (κ3) is 9.10. The molecule has 1 heterocycles. The van der Waals surface area contributed by atoms with Crippen LogP contribution in [-0.2, 0) is 14.3 Å². The van der Waals surface area contributed by atoms with Crippen molar-refractivity contribution in [3.8, 4) is 11.5 Å². The van der Waals surface area contributed by atoms with Crippen LogP contribution in [0.3, 0.4) is 0 Å². The van der Waals surface area contributed by atoms with Gasteiger partial charge in [0.15, 0.2) is 11.5 Å². The van der Waals surface area contributed by atoms with Crippen molar-refractivity contribution in [2.45, 2.75) is 46.1 Å². The number of carbonyl (C=O) groups excluding carboxylic acids is 2. The molecule has 0 unspecified atom stereocenters. The Bertz CT molecular complexity index is 1260. The number of aliphatic hydroxyl groups excluding tert-OH is 1. The van der Waals surface area contributed by atoms with Gasteiger partial charge in [-0.25, -0.2) is 14.6 Å². The third-order valence-electron chi connectivity index (χ3n) is 5.13. The average molecular weight is 555 g/mol. The number of ether oxygens (including phenoxy) is 3. The number of phenols is 1. The van der Waals surface area contributed by atoms with Crippen molar-refractivity contribution in [2.24, 2.45) is 4.99 Å². The minimum atomic E-state index is -0.659. The Morgan fingerprint density at radius 2 is 1.82 bits per heavy atom. The predicted molar refractivity (Wildman–Crippen MR) is 152 cm³/mol. The molecule has 0 bridgehead atoms. The van der Waals surface area contributed by atoms with Crippen LogP contribution < -0.4 is 10.1 Å². The van der Waals surface area contributed by atoms with E-state index in [1.807, 2.05) is 18.2 Å². The lowest BCUT2D eigenvalue weighted by Crippen LogP contribution is -2.33. The summed E-state index contributed by atoms with van der Waals surface area (Å²) in [6.45, 7) is 8.07. The van der Waals surface area contributed by atoms with Gasteiger partial charge >= 0.3 is 12.1 Å². The van der Waals surface area contributed by atoms with Crippen LogP contribution in [0.5, 0.6) is 11.5 Å². The fourth-order valence-corrected chi connectivity index (χ4v) is 4.46. The Morgan fingerprint density at radius 3 is 2.49 bits per heavy atom. The number of hydrogen-bond donors (Lipinski definition) is 3. The molecule has 0 saturated carbocycles. The fraction of sp³-hybridized carbons (Fsp3) is 0.345. The number of esters is 1. The first kappa shape index (κ1) is 29.6. The second kappa shape index (κ2) is 13.7. The van der Waals surface area contributed by atoms with Gasteiger partial charge in [-0.15, -0.1) is 0 Å². The van der Waals surface area contributed by atoms with Crippen LogP contribution in [0.1, 0.15) is 46.1 Å². The molecule has 0 saturated heterocycles. The van der Waals surface area contributed by atoms with Crippen molar-refractivity contribution < 1.29 is 34.0 Å². The second-order valence-electron chi connectivity index (χ2n) is 9.52. The molecule has 1 aliphatic heterocycles. The Balaban J connectivity index is 1.63. The largest absolute Gasteiger partial charge is 0.506 e. The minimum Gasteiger partial charge on any atom is -0.506 e. The summed E-state index contributed by atoms with van der Waals surface area (Å²) in [5.74, 6) is -0.637. The number of nitrogens with zero attached hydrogens (tertiary/aromatic N) is 1. The van der Waals surface area contributed by atoms with Crippen molar-refractivity contribution in [1.29, 1.82) is 0 Å². The quantitative estimate of drug-likeness (QED) is 0.232. The van der Waals surface area contributed by atoms with E-state index in [2.05, 4.69) is 10.3 Å². The summed E-state index contributed by atoms with van der Waals surface area (Å²) in [7, 11) is 0. The van der Waals surface area contributed by atoms with Crippen LogP contribution in [0.25, 0.3) is 6.08 Å². The molecule has 0 spiro atoms. The molecule has 1 amide bonds. The minimum absolute atomic E-state index is 0.00212. The molecule has 1 aliphatic rings. The molecule has 0 fully saturated rings. The summed E-state index contributed by atoms with van der Waals surface area (Å²) in [6, 6.07) is 14.0. The van der Waals surface area contributed by atoms with E-state index in [-0.39, 0.29) is 23.7 Å². The summed E-state index contributed by atoms with van der Waals surface area (Å²) >= 11 is 1.14. The van der Waals surface area contributed by atoms with Gasteiger partial charge in [0.25, 0.3) is 0 Å². The number of aromatic hydroxyl groups is 1. The first-order chi connectivity index (χ1) is 18.6. The van der Waals surface area contributed by atoms with Gasteiger partial charge < -0.3 is 29.7 Å². The number of thioether (sulfide) groups is 1. The summed E-state index contributed by atoms with van der Waals surface area (Å²) < 4.78 is 16.0. The first-order valence-corrected chi connectivity index (χ1v) is 13.5. The van der Waals surface area contributed by atoms with Crippen LogP contribution in [-0.4, -0.2) is 52.7 Å². The maximum atomic E-state index is 12.6. The first-order valence-electron chi connectivity index (χ1n) is 12.6. The maximum absolute atomic E-state index is 12.6. The number of unbranched alkanes of at least 4 members (excludes halogenated alkanes) is 1. The molecule has 0 atom stereocenters. The zero-order valence-corrected chi connectivity index (χ0v) is 23.3. The highest BCUT2D eigenvalue weighted by Gasteiger charge is 2.33. The molecule has 2 aromatic rings. The number of benzene rings is 2. The van der Waals surface area contributed by atoms with Crippen LogP contribution in [0.2, 0.25) is 0 Å². The molecule has 0 aromatic heterocycles. The molecule has 0 aliphatic carbocycles. The molecule has 39 heavy (non-hydrogen) atoms. The summed E-state index contributed by atoms with van der Waals surface area (Å²) in [4.78, 5) is 29.1. The number of aliphatic imine (C=N–C) groups is 1. The van der Waals surface area contributed by atoms with Crippen LogP contribution in [0.4, 0.5) is 10.5 Å². The van der Waals surface area contributed by atoms with E-state index in [0.717, 1.165) is 11.8 Å². The van der Waals surface area contributed by atoms with E-state index < -0.39 is 17.7 Å². The molecule has 10 heteroatoms. The van der Waals surface area contributed by atoms with E-state index in [1.165, 1.54) is 6.07 Å². The van der Waals surface area contributed by atoms with Crippen molar-refractivity contribution in [3.05, 3.63) is 70.3 Å². The predicted octanol–water partition coefficient (Wildman–Crippen LogP) is 6.27. The van der Waals surface area contributed by atoms with Crippen molar-refractivity contribution in [1.82, 2.24) is 5.32 Å². The standard InChI is InChI=1S/C29H34N2O7S/c1-5-36-27(34)24-25(33)23(39-26(24)31-20-11-7-6-8-12-20)18-19-13-14-22(21(32)17-19)37-16-10-9-15-30-28(35)38-29(2,3)4/h6-8,11-14,17-18,32-33H,5,9-10,15-16H2,1-4H3,(H,30,35)/b23-18-,31-26?. The zero-order chi connectivity index (χ0) is 28.4. The smallest absolute Gasteiger partial charge is 0.407 e. The number of amides is 1. The van der Waals surface area contributed by atoms with Gasteiger partial charge in [0.2, 0.25) is 0 Å². The number of carbonyl (C=O) groups is 2. The fourth-order valence-electron chi connectivity index (χ4n) is 3.42. The summed E-state index contributed by atoms with van der Waals surface area (Å²) in [5.41, 5.74) is 0.692. The average Bonchev–Trinajstić information content (AvgIpc) is 3.16. The Labute approximate surface area is 232 Å². The Hall–Kier alpha value is -3.92. The van der Waals surface area contributed by atoms with Gasteiger partial charge in [0.1, 0.15) is 22.0 Å². The van der Waals surface area contributed by atoms with Gasteiger partial charge in [-0.1, -0.05) is 36.0 Å². The van der Waals surface area contributed by atoms with Crippen LogP contribution in [0.15, 0.2) is 69.8 Å². The molecule has 208 valence electrons. The zero-order valence-electron chi connectivity index (χ0n) is 22.5. The highest BCUT2D eigenvalue weighted by Crippen LogP contribution is 2.41. The van der Waals surface area contributed by atoms with Crippen molar-refractivity contribution in [3.63, 3.8) is 0 Å². The SMILES string of the molecule is CCOC(=O)C1=C(O)/C(=C/c2ccc(OCCCCNC(=O)OC(C)(C)C)c(O)c2)SC1=Nc1ccccc1. The van der Waals surface area contributed by atoms with Gasteiger partial charge in [-0.05, 0) is 76.4 Å². The Morgan fingerprint density at radius 1 is 1.08 bits per heavy atom. The molecule has 2 aromatic carbocycles. The number of nitrogens with one attached hydrogen (secondary N) is 1. The topological polar surface area (TPSA) is 127 Å². The second-order valence-corrected chi connectivity index (χ2v) is 10.5. The highest BCUT2D eigenvalue weighted by atomic mass is 32.2.